The van der Waals surface area contributed by atoms with E-state index in [1.807, 2.05) is 6.07 Å². The molecule has 0 saturated heterocycles. The number of nitrogens with two attached hydrogens (primary N) is 1. The van der Waals surface area contributed by atoms with Crippen molar-refractivity contribution in [3.63, 3.8) is 0 Å². The molecule has 0 bridgehead atoms. The second-order valence-electron chi connectivity index (χ2n) is 3.71. The zero-order chi connectivity index (χ0) is 10.9. The smallest absolute Gasteiger partial charge is 0.0584 e. The fourth-order valence-electron chi connectivity index (χ4n) is 1.58. The van der Waals surface area contributed by atoms with Crippen molar-refractivity contribution in [2.75, 3.05) is 13.2 Å². The van der Waals surface area contributed by atoms with E-state index in [1.54, 1.807) is 0 Å². The van der Waals surface area contributed by atoms with Gasteiger partial charge in [-0.1, -0.05) is 37.3 Å². The molecule has 1 aromatic carbocycles. The second-order valence-corrected chi connectivity index (χ2v) is 3.71. The largest absolute Gasteiger partial charge is 0.378 e. The Hall–Kier alpha value is -0.860. The third-order valence-corrected chi connectivity index (χ3v) is 2.53. The van der Waals surface area contributed by atoms with Gasteiger partial charge in [-0.3, -0.25) is 0 Å². The molecule has 2 heteroatoms. The van der Waals surface area contributed by atoms with Crippen molar-refractivity contribution in [1.29, 1.82) is 0 Å². The van der Waals surface area contributed by atoms with Crippen LogP contribution in [-0.2, 0) is 11.2 Å². The summed E-state index contributed by atoms with van der Waals surface area (Å²) >= 11 is 0. The van der Waals surface area contributed by atoms with Crippen LogP contribution in [-0.4, -0.2) is 19.3 Å². The third-order valence-electron chi connectivity index (χ3n) is 2.53. The molecule has 2 nitrogen and oxygen atoms in total. The molecule has 1 atom stereocenters. The van der Waals surface area contributed by atoms with Gasteiger partial charge in [0.1, 0.15) is 0 Å². The van der Waals surface area contributed by atoms with Gasteiger partial charge >= 0.3 is 0 Å². The van der Waals surface area contributed by atoms with E-state index in [1.165, 1.54) is 5.56 Å². The summed E-state index contributed by atoms with van der Waals surface area (Å²) in [6.45, 7) is 3.65. The first-order valence-corrected chi connectivity index (χ1v) is 5.72. The lowest BCUT2D eigenvalue weighted by atomic mass is 10.1. The van der Waals surface area contributed by atoms with Crippen molar-refractivity contribution >= 4 is 0 Å². The molecular formula is C13H21NO. The van der Waals surface area contributed by atoms with Gasteiger partial charge in [0, 0.05) is 0 Å². The van der Waals surface area contributed by atoms with Gasteiger partial charge in [-0.15, -0.1) is 0 Å². The van der Waals surface area contributed by atoms with E-state index < -0.39 is 0 Å². The average Bonchev–Trinajstić information content (AvgIpc) is 2.29. The lowest BCUT2D eigenvalue weighted by Gasteiger charge is -2.14. The van der Waals surface area contributed by atoms with Crippen LogP contribution in [0, 0.1) is 0 Å². The van der Waals surface area contributed by atoms with Gasteiger partial charge in [-0.05, 0) is 31.4 Å². The summed E-state index contributed by atoms with van der Waals surface area (Å²) in [6.07, 6.45) is 3.33. The summed E-state index contributed by atoms with van der Waals surface area (Å²) in [7, 11) is 0. The second kappa shape index (κ2) is 7.43. The van der Waals surface area contributed by atoms with E-state index in [-0.39, 0.29) is 0 Å². The molecule has 0 fully saturated rings. The molecule has 0 radical (unpaired) electrons. The van der Waals surface area contributed by atoms with E-state index in [9.17, 15) is 0 Å². The van der Waals surface area contributed by atoms with Gasteiger partial charge in [0.05, 0.1) is 12.7 Å². The normalized spacial score (nSPS) is 12.7. The molecule has 0 amide bonds. The van der Waals surface area contributed by atoms with E-state index >= 15 is 0 Å². The first-order chi connectivity index (χ1) is 7.36. The maximum atomic E-state index is 5.76. The molecule has 2 N–H and O–H groups in total. The van der Waals surface area contributed by atoms with Crippen LogP contribution in [0.15, 0.2) is 30.3 Å². The minimum Gasteiger partial charge on any atom is -0.378 e. The van der Waals surface area contributed by atoms with Crippen LogP contribution < -0.4 is 5.73 Å². The molecule has 0 heterocycles. The molecule has 0 saturated carbocycles. The Morgan fingerprint density at radius 2 is 2.00 bits per heavy atom. The summed E-state index contributed by atoms with van der Waals surface area (Å²) in [5, 5.41) is 0. The van der Waals surface area contributed by atoms with Crippen LogP contribution in [0.1, 0.15) is 25.3 Å². The molecule has 1 rings (SSSR count). The number of rotatable bonds is 7. The highest BCUT2D eigenvalue weighted by atomic mass is 16.5. The number of hydrogen-bond donors (Lipinski definition) is 1. The molecule has 0 aliphatic rings. The van der Waals surface area contributed by atoms with Crippen molar-refractivity contribution in [2.45, 2.75) is 32.3 Å². The Bertz CT molecular complexity index is 248. The Morgan fingerprint density at radius 1 is 1.27 bits per heavy atom. The van der Waals surface area contributed by atoms with Crippen molar-refractivity contribution in [2.24, 2.45) is 5.73 Å². The summed E-state index contributed by atoms with van der Waals surface area (Å²) in [5.74, 6) is 0. The Labute approximate surface area is 92.4 Å². The fraction of sp³-hybridized carbons (Fsp3) is 0.538. The Morgan fingerprint density at radius 3 is 2.60 bits per heavy atom. The van der Waals surface area contributed by atoms with Gasteiger partial charge in [-0.2, -0.15) is 0 Å². The molecular weight excluding hydrogens is 186 g/mol. The number of hydrogen-bond acceptors (Lipinski definition) is 2. The quantitative estimate of drug-likeness (QED) is 0.745. The molecule has 0 aliphatic carbocycles. The number of ether oxygens (including phenoxy) is 1. The van der Waals surface area contributed by atoms with E-state index in [0.717, 1.165) is 25.9 Å². The molecule has 0 aromatic heterocycles. The van der Waals surface area contributed by atoms with E-state index in [4.69, 9.17) is 10.5 Å². The third kappa shape index (κ3) is 4.96. The lowest BCUT2D eigenvalue weighted by Crippen LogP contribution is -2.18. The highest BCUT2D eigenvalue weighted by molar-refractivity contribution is 5.14. The maximum Gasteiger partial charge on any atom is 0.0584 e. The van der Waals surface area contributed by atoms with Gasteiger partial charge < -0.3 is 10.5 Å². The first kappa shape index (κ1) is 12.2. The van der Waals surface area contributed by atoms with Crippen LogP contribution in [0.4, 0.5) is 0 Å². The number of benzene rings is 1. The average molecular weight is 207 g/mol. The zero-order valence-electron chi connectivity index (χ0n) is 9.49. The monoisotopic (exact) mass is 207 g/mol. The standard InChI is InChI=1S/C13H21NO/c1-2-13(8-10-14)15-11-9-12-6-4-3-5-7-12/h3-7,13H,2,8-11,14H2,1H3. The topological polar surface area (TPSA) is 35.2 Å². The Balaban J connectivity index is 2.20. The van der Waals surface area contributed by atoms with Crippen LogP contribution in [0.5, 0.6) is 0 Å². The highest BCUT2D eigenvalue weighted by Gasteiger charge is 2.04. The van der Waals surface area contributed by atoms with Gasteiger partial charge in [0.2, 0.25) is 0 Å². The zero-order valence-corrected chi connectivity index (χ0v) is 9.49. The van der Waals surface area contributed by atoms with Gasteiger partial charge in [-0.25, -0.2) is 0 Å². The SMILES string of the molecule is CCC(CCN)OCCc1ccccc1. The molecule has 1 unspecified atom stereocenters. The van der Waals surface area contributed by atoms with E-state index in [2.05, 4.69) is 31.2 Å². The summed E-state index contributed by atoms with van der Waals surface area (Å²) in [5.41, 5.74) is 6.84. The minimum absolute atomic E-state index is 0.332. The van der Waals surface area contributed by atoms with Crippen LogP contribution in [0.3, 0.4) is 0 Å². The Kier molecular flexibility index (Phi) is 6.05. The van der Waals surface area contributed by atoms with Crippen LogP contribution in [0.25, 0.3) is 0 Å². The molecule has 0 aliphatic heterocycles. The van der Waals surface area contributed by atoms with Crippen LogP contribution >= 0.6 is 0 Å². The van der Waals surface area contributed by atoms with Gasteiger partial charge in [0.15, 0.2) is 0 Å². The van der Waals surface area contributed by atoms with E-state index in [0.29, 0.717) is 12.6 Å². The molecule has 84 valence electrons. The van der Waals surface area contributed by atoms with Crippen molar-refractivity contribution in [1.82, 2.24) is 0 Å². The fourth-order valence-corrected chi connectivity index (χ4v) is 1.58. The minimum atomic E-state index is 0.332. The highest BCUT2D eigenvalue weighted by Crippen LogP contribution is 2.05. The van der Waals surface area contributed by atoms with Gasteiger partial charge in [0.25, 0.3) is 0 Å². The maximum absolute atomic E-state index is 5.76. The molecule has 1 aromatic rings. The summed E-state index contributed by atoms with van der Waals surface area (Å²) in [4.78, 5) is 0. The first-order valence-electron chi connectivity index (χ1n) is 5.72. The van der Waals surface area contributed by atoms with Crippen molar-refractivity contribution in [3.8, 4) is 0 Å². The summed E-state index contributed by atoms with van der Waals surface area (Å²) in [6, 6.07) is 10.4. The van der Waals surface area contributed by atoms with Crippen LogP contribution in [0.2, 0.25) is 0 Å². The van der Waals surface area contributed by atoms with Crippen molar-refractivity contribution < 1.29 is 4.74 Å². The summed E-state index contributed by atoms with van der Waals surface area (Å²) < 4.78 is 5.76. The molecule has 15 heavy (non-hydrogen) atoms. The van der Waals surface area contributed by atoms with Crippen molar-refractivity contribution in [3.05, 3.63) is 35.9 Å². The lowest BCUT2D eigenvalue weighted by molar-refractivity contribution is 0.0487. The predicted molar refractivity (Wildman–Crippen MR) is 63.8 cm³/mol. The predicted octanol–water partition coefficient (Wildman–Crippen LogP) is 2.37. The molecule has 0 spiro atoms.